The lowest BCUT2D eigenvalue weighted by Crippen LogP contribution is -2.56. The van der Waals surface area contributed by atoms with Crippen molar-refractivity contribution in [1.29, 1.82) is 0 Å². The number of imidazole rings is 1. The molecule has 0 saturated carbocycles. The summed E-state index contributed by atoms with van der Waals surface area (Å²) in [4.78, 5) is 60.2. The molecule has 0 saturated heterocycles. The average Bonchev–Trinajstić information content (AvgIpc) is 3.55. The van der Waals surface area contributed by atoms with Crippen molar-refractivity contribution in [2.75, 3.05) is 12.0 Å². The maximum atomic E-state index is 13.1. The minimum Gasteiger partial charge on any atom is -0.480 e. The molecule has 13 heteroatoms. The monoisotopic (exact) mass is 543 g/mol. The molecule has 1 aromatic carbocycles. The Morgan fingerprint density at radius 3 is 2.45 bits per heavy atom. The van der Waals surface area contributed by atoms with E-state index in [2.05, 4.69) is 30.9 Å². The molecule has 3 aromatic rings. The smallest absolute Gasteiger partial charge is 0.326 e. The highest BCUT2D eigenvalue weighted by Crippen LogP contribution is 2.19. The zero-order chi connectivity index (χ0) is 27.7. The summed E-state index contributed by atoms with van der Waals surface area (Å²) in [5, 5.41) is 18.4. The van der Waals surface area contributed by atoms with Crippen LogP contribution in [0.2, 0.25) is 0 Å². The lowest BCUT2D eigenvalue weighted by atomic mass is 10.0. The summed E-state index contributed by atoms with van der Waals surface area (Å²) >= 11 is 1.48. The van der Waals surface area contributed by atoms with Crippen LogP contribution in [0.3, 0.4) is 0 Å². The Balaban J connectivity index is 1.61. The van der Waals surface area contributed by atoms with Crippen LogP contribution >= 0.6 is 11.8 Å². The van der Waals surface area contributed by atoms with Crippen LogP contribution in [0.15, 0.2) is 43.0 Å². The van der Waals surface area contributed by atoms with Crippen molar-refractivity contribution in [2.45, 2.75) is 50.4 Å². The third kappa shape index (κ3) is 7.83. The standard InChI is InChI=1S/C25H33N7O5S/c1-14(30-23(34)18(26)10-16-12-27-13-29-16)22(33)31-20(7-8-38-2)24(35)32-21(25(36)37)9-15-11-28-19-6-4-3-5-17(15)19/h3-6,11-14,18,20-21,28H,7-10,26H2,1-2H3,(H,27,29)(H,30,34)(H,31,33)(H,32,35)(H,36,37). The number of carboxylic acids is 1. The number of para-hydroxylation sites is 1. The molecule has 3 rings (SSSR count). The highest BCUT2D eigenvalue weighted by Gasteiger charge is 2.29. The number of thioether (sulfide) groups is 1. The number of carbonyl (C=O) groups excluding carboxylic acids is 3. The van der Waals surface area contributed by atoms with Gasteiger partial charge in [0.15, 0.2) is 0 Å². The molecule has 3 amide bonds. The van der Waals surface area contributed by atoms with Gasteiger partial charge in [0.05, 0.1) is 12.4 Å². The van der Waals surface area contributed by atoms with Crippen LogP contribution in [-0.4, -0.2) is 79.9 Å². The molecule has 0 aliphatic carbocycles. The van der Waals surface area contributed by atoms with Gasteiger partial charge in [-0.15, -0.1) is 0 Å². The minimum absolute atomic E-state index is 0.0644. The lowest BCUT2D eigenvalue weighted by Gasteiger charge is -2.23. The second-order valence-electron chi connectivity index (χ2n) is 8.92. The number of amides is 3. The average molecular weight is 544 g/mol. The van der Waals surface area contributed by atoms with E-state index in [4.69, 9.17) is 5.73 Å². The van der Waals surface area contributed by atoms with Gasteiger partial charge in [0, 0.05) is 41.8 Å². The fourth-order valence-corrected chi connectivity index (χ4v) is 4.38. The summed E-state index contributed by atoms with van der Waals surface area (Å²) in [5.41, 5.74) is 8.22. The largest absolute Gasteiger partial charge is 0.480 e. The third-order valence-corrected chi connectivity index (χ3v) is 6.68. The zero-order valence-corrected chi connectivity index (χ0v) is 22.0. The van der Waals surface area contributed by atoms with Gasteiger partial charge in [-0.3, -0.25) is 14.4 Å². The predicted molar refractivity (Wildman–Crippen MR) is 144 cm³/mol. The fourth-order valence-electron chi connectivity index (χ4n) is 3.91. The summed E-state index contributed by atoms with van der Waals surface area (Å²) < 4.78 is 0. The molecule has 0 aliphatic rings. The van der Waals surface area contributed by atoms with Gasteiger partial charge in [0.25, 0.3) is 0 Å². The summed E-state index contributed by atoms with van der Waals surface area (Å²) in [5.74, 6) is -2.37. The minimum atomic E-state index is -1.20. The molecule has 8 N–H and O–H groups in total. The Morgan fingerprint density at radius 2 is 1.76 bits per heavy atom. The molecule has 0 spiro atoms. The number of hydrogen-bond donors (Lipinski definition) is 7. The first-order valence-electron chi connectivity index (χ1n) is 12.1. The number of aromatic nitrogens is 3. The quantitative estimate of drug-likeness (QED) is 0.151. The highest BCUT2D eigenvalue weighted by molar-refractivity contribution is 7.98. The number of nitrogens with one attached hydrogen (secondary N) is 5. The van der Waals surface area contributed by atoms with Gasteiger partial charge < -0.3 is 36.8 Å². The summed E-state index contributed by atoms with van der Waals surface area (Å²) in [6.45, 7) is 1.48. The van der Waals surface area contributed by atoms with Gasteiger partial charge in [0.2, 0.25) is 17.7 Å². The molecule has 4 atom stereocenters. The Bertz CT molecular complexity index is 1250. The van der Waals surface area contributed by atoms with E-state index >= 15 is 0 Å². The zero-order valence-electron chi connectivity index (χ0n) is 21.2. The van der Waals surface area contributed by atoms with Crippen LogP contribution in [0.1, 0.15) is 24.6 Å². The maximum absolute atomic E-state index is 13.1. The van der Waals surface area contributed by atoms with Gasteiger partial charge in [-0.05, 0) is 37.0 Å². The number of nitrogens with zero attached hydrogens (tertiary/aromatic N) is 1. The van der Waals surface area contributed by atoms with E-state index in [9.17, 15) is 24.3 Å². The summed E-state index contributed by atoms with van der Waals surface area (Å²) in [7, 11) is 0. The van der Waals surface area contributed by atoms with Crippen LogP contribution < -0.4 is 21.7 Å². The third-order valence-electron chi connectivity index (χ3n) is 6.04. The van der Waals surface area contributed by atoms with Gasteiger partial charge in [-0.1, -0.05) is 18.2 Å². The highest BCUT2D eigenvalue weighted by atomic mass is 32.2. The number of fused-ring (bicyclic) bond motifs is 1. The number of benzene rings is 1. The van der Waals surface area contributed by atoms with Crippen LogP contribution in [0.4, 0.5) is 0 Å². The molecule has 0 radical (unpaired) electrons. The number of aromatic amines is 2. The Morgan fingerprint density at radius 1 is 1.03 bits per heavy atom. The van der Waals surface area contributed by atoms with E-state index in [1.165, 1.54) is 25.0 Å². The van der Waals surface area contributed by atoms with Crippen LogP contribution in [0.5, 0.6) is 0 Å². The first kappa shape index (κ1) is 28.7. The Kier molecular flexibility index (Phi) is 10.3. The SMILES string of the molecule is CSCCC(NC(=O)C(C)NC(=O)C(N)Cc1cnc[nH]1)C(=O)NC(Cc1c[nH]c2ccccc12)C(=O)O. The van der Waals surface area contributed by atoms with Crippen LogP contribution in [0, 0.1) is 0 Å². The molecule has 4 unspecified atom stereocenters. The summed E-state index contributed by atoms with van der Waals surface area (Å²) in [6, 6.07) is 3.42. The topological polar surface area (TPSA) is 195 Å². The molecule has 12 nitrogen and oxygen atoms in total. The van der Waals surface area contributed by atoms with Crippen molar-refractivity contribution in [3.8, 4) is 0 Å². The van der Waals surface area contributed by atoms with E-state index in [-0.39, 0.29) is 19.3 Å². The molecule has 0 aliphatic heterocycles. The van der Waals surface area contributed by atoms with E-state index in [1.807, 2.05) is 30.5 Å². The van der Waals surface area contributed by atoms with E-state index in [1.54, 1.807) is 12.4 Å². The van der Waals surface area contributed by atoms with Crippen molar-refractivity contribution >= 4 is 46.4 Å². The number of nitrogens with two attached hydrogens (primary N) is 1. The van der Waals surface area contributed by atoms with Crippen molar-refractivity contribution in [2.24, 2.45) is 5.73 Å². The van der Waals surface area contributed by atoms with Crippen molar-refractivity contribution in [1.82, 2.24) is 30.9 Å². The maximum Gasteiger partial charge on any atom is 0.326 e. The number of carboxylic acid groups (broad SMARTS) is 1. The molecule has 2 heterocycles. The molecule has 38 heavy (non-hydrogen) atoms. The molecule has 204 valence electrons. The van der Waals surface area contributed by atoms with E-state index < -0.39 is 47.9 Å². The number of hydrogen-bond acceptors (Lipinski definition) is 7. The summed E-state index contributed by atoms with van der Waals surface area (Å²) in [6.07, 6.45) is 7.17. The molecule has 2 aromatic heterocycles. The van der Waals surface area contributed by atoms with Crippen LogP contribution in [-0.2, 0) is 32.0 Å². The van der Waals surface area contributed by atoms with E-state index in [0.29, 0.717) is 11.4 Å². The molecule has 0 bridgehead atoms. The first-order chi connectivity index (χ1) is 18.2. The number of H-pyrrole nitrogens is 2. The van der Waals surface area contributed by atoms with Crippen molar-refractivity contribution < 1.29 is 24.3 Å². The number of aliphatic carboxylic acids is 1. The van der Waals surface area contributed by atoms with Gasteiger partial charge >= 0.3 is 5.97 Å². The second-order valence-corrected chi connectivity index (χ2v) is 9.91. The first-order valence-corrected chi connectivity index (χ1v) is 13.5. The van der Waals surface area contributed by atoms with Crippen molar-refractivity contribution in [3.05, 3.63) is 54.2 Å². The number of carbonyl (C=O) groups is 4. The molecular weight excluding hydrogens is 510 g/mol. The number of rotatable bonds is 14. The lowest BCUT2D eigenvalue weighted by molar-refractivity contribution is -0.142. The fraction of sp³-hybridized carbons (Fsp3) is 0.400. The second kappa shape index (κ2) is 13.6. The Labute approximate surface area is 223 Å². The molecule has 0 fully saturated rings. The van der Waals surface area contributed by atoms with Gasteiger partial charge in [-0.25, -0.2) is 9.78 Å². The van der Waals surface area contributed by atoms with Crippen LogP contribution in [0.25, 0.3) is 10.9 Å². The molecular formula is C25H33N7O5S. The van der Waals surface area contributed by atoms with Gasteiger partial charge in [0.1, 0.15) is 18.1 Å². The van der Waals surface area contributed by atoms with Gasteiger partial charge in [-0.2, -0.15) is 11.8 Å². The van der Waals surface area contributed by atoms with Crippen molar-refractivity contribution in [3.63, 3.8) is 0 Å². The normalized spacial score (nSPS) is 14.3. The predicted octanol–water partition coefficient (Wildman–Crippen LogP) is 0.316. The van der Waals surface area contributed by atoms with E-state index in [0.717, 1.165) is 16.5 Å². The Hall–Kier alpha value is -3.84.